The van der Waals surface area contributed by atoms with Gasteiger partial charge in [-0.2, -0.15) is 0 Å². The number of rotatable bonds is 19. The SMILES string of the molecule is CCN(CC)c1ccc2sc(Cc3cccc([C@@H]4O[C@H](COCc5ccccc5)[C@@H](OCc5ccccc5)[C@H](OCc5ccccc5)[C@H]4OCc4ccccc4)c3)cc2c1. The fourth-order valence-electron chi connectivity index (χ4n) is 8.10. The van der Waals surface area contributed by atoms with E-state index in [1.165, 1.54) is 26.2 Å². The molecular formula is C53H55NO5S. The lowest BCUT2D eigenvalue weighted by atomic mass is 9.89. The van der Waals surface area contributed by atoms with E-state index in [-0.39, 0.29) is 0 Å². The molecule has 0 radical (unpaired) electrons. The number of benzene rings is 6. The van der Waals surface area contributed by atoms with Gasteiger partial charge in [-0.15, -0.1) is 11.3 Å². The molecule has 8 rings (SSSR count). The van der Waals surface area contributed by atoms with Crippen LogP contribution in [0.1, 0.15) is 58.2 Å². The Labute approximate surface area is 359 Å². The lowest BCUT2D eigenvalue weighted by Crippen LogP contribution is -2.58. The van der Waals surface area contributed by atoms with Crippen molar-refractivity contribution in [2.45, 2.75) is 77.2 Å². The summed E-state index contributed by atoms with van der Waals surface area (Å²) in [6, 6.07) is 59.2. The second-order valence-corrected chi connectivity index (χ2v) is 16.6. The van der Waals surface area contributed by atoms with Crippen LogP contribution in [0.5, 0.6) is 0 Å². The molecule has 0 amide bonds. The van der Waals surface area contributed by atoms with Crippen LogP contribution in [0.15, 0.2) is 170 Å². The summed E-state index contributed by atoms with van der Waals surface area (Å²) < 4.78 is 36.0. The van der Waals surface area contributed by atoms with Crippen molar-refractivity contribution in [1.82, 2.24) is 0 Å². The van der Waals surface area contributed by atoms with E-state index >= 15 is 0 Å². The van der Waals surface area contributed by atoms with Crippen LogP contribution in [0, 0.1) is 0 Å². The maximum Gasteiger partial charge on any atom is 0.117 e. The molecule has 308 valence electrons. The van der Waals surface area contributed by atoms with Gasteiger partial charge in [-0.25, -0.2) is 0 Å². The number of hydrogen-bond acceptors (Lipinski definition) is 7. The van der Waals surface area contributed by atoms with Crippen LogP contribution < -0.4 is 4.90 Å². The fourth-order valence-corrected chi connectivity index (χ4v) is 9.18. The van der Waals surface area contributed by atoms with Crippen LogP contribution in [0.25, 0.3) is 10.1 Å². The minimum absolute atomic E-state index is 0.318. The van der Waals surface area contributed by atoms with E-state index < -0.39 is 30.5 Å². The summed E-state index contributed by atoms with van der Waals surface area (Å²) in [6.07, 6.45) is -1.59. The van der Waals surface area contributed by atoms with Crippen LogP contribution in [0.4, 0.5) is 5.69 Å². The molecule has 0 bridgehead atoms. The number of hydrogen-bond donors (Lipinski definition) is 0. The second-order valence-electron chi connectivity index (χ2n) is 15.4. The van der Waals surface area contributed by atoms with Crippen LogP contribution in [0.3, 0.4) is 0 Å². The molecule has 7 heteroatoms. The van der Waals surface area contributed by atoms with Crippen molar-refractivity contribution in [2.24, 2.45) is 0 Å². The van der Waals surface area contributed by atoms with Gasteiger partial charge in [0, 0.05) is 34.8 Å². The Bertz CT molecular complexity index is 2330. The molecule has 2 heterocycles. The Kier molecular flexibility index (Phi) is 14.5. The van der Waals surface area contributed by atoms with Crippen LogP contribution in [-0.4, -0.2) is 44.1 Å². The van der Waals surface area contributed by atoms with E-state index in [2.05, 4.69) is 116 Å². The maximum absolute atomic E-state index is 7.25. The molecule has 1 aliphatic rings. The Morgan fingerprint density at radius 3 is 1.63 bits per heavy atom. The number of ether oxygens (including phenoxy) is 5. The maximum atomic E-state index is 7.25. The number of fused-ring (bicyclic) bond motifs is 1. The minimum atomic E-state index is -0.502. The quantitative estimate of drug-likeness (QED) is 0.0810. The summed E-state index contributed by atoms with van der Waals surface area (Å²) in [6.45, 7) is 8.37. The average Bonchev–Trinajstić information content (AvgIpc) is 3.70. The average molecular weight is 818 g/mol. The van der Waals surface area contributed by atoms with E-state index in [1.807, 2.05) is 84.1 Å². The largest absolute Gasteiger partial charge is 0.374 e. The van der Waals surface area contributed by atoms with Crippen molar-refractivity contribution < 1.29 is 23.7 Å². The smallest absolute Gasteiger partial charge is 0.117 e. The van der Waals surface area contributed by atoms with Crippen LogP contribution >= 0.6 is 11.3 Å². The summed E-state index contributed by atoms with van der Waals surface area (Å²) in [4.78, 5) is 3.72. The topological polar surface area (TPSA) is 49.4 Å². The Hall–Kier alpha value is -5.12. The molecule has 1 saturated heterocycles. The zero-order valence-electron chi connectivity index (χ0n) is 34.6. The molecule has 1 fully saturated rings. The van der Waals surface area contributed by atoms with E-state index in [4.69, 9.17) is 23.7 Å². The first-order chi connectivity index (χ1) is 29.6. The van der Waals surface area contributed by atoms with Crippen molar-refractivity contribution in [3.8, 4) is 0 Å². The predicted octanol–water partition coefficient (Wildman–Crippen LogP) is 11.8. The first-order valence-corrected chi connectivity index (χ1v) is 22.0. The van der Waals surface area contributed by atoms with E-state index in [0.29, 0.717) is 33.0 Å². The van der Waals surface area contributed by atoms with Gasteiger partial charge in [-0.05, 0) is 76.9 Å². The zero-order chi connectivity index (χ0) is 40.9. The van der Waals surface area contributed by atoms with Crippen molar-refractivity contribution in [3.63, 3.8) is 0 Å². The van der Waals surface area contributed by atoms with Gasteiger partial charge in [-0.3, -0.25) is 0 Å². The first-order valence-electron chi connectivity index (χ1n) is 21.2. The fraction of sp³-hybridized carbons (Fsp3) is 0.283. The Morgan fingerprint density at radius 1 is 0.517 bits per heavy atom. The molecular weight excluding hydrogens is 763 g/mol. The first kappa shape index (κ1) is 41.6. The number of nitrogens with zero attached hydrogens (tertiary/aromatic N) is 1. The summed E-state index contributed by atoms with van der Waals surface area (Å²) in [5.41, 5.74) is 7.86. The molecule has 6 aromatic carbocycles. The van der Waals surface area contributed by atoms with Gasteiger partial charge in [0.05, 0.1) is 33.0 Å². The number of anilines is 1. The van der Waals surface area contributed by atoms with Gasteiger partial charge in [0.15, 0.2) is 0 Å². The summed E-state index contributed by atoms with van der Waals surface area (Å²) in [5, 5.41) is 1.29. The van der Waals surface area contributed by atoms with Crippen LogP contribution in [0.2, 0.25) is 0 Å². The molecule has 0 N–H and O–H groups in total. The second kappa shape index (κ2) is 20.9. The van der Waals surface area contributed by atoms with Gasteiger partial charge < -0.3 is 28.6 Å². The lowest BCUT2D eigenvalue weighted by molar-refractivity contribution is -0.275. The standard InChI is InChI=1S/C53H55NO5S/c1-3-54(4-2)46-28-29-49-45(32-46)33-47(60-49)31-43-26-17-27-44(30-43)50-52(57-36-41-22-13-7-14-23-41)53(58-37-42-24-15-8-16-25-42)51(56-35-40-20-11-6-12-21-40)48(59-50)38-55-34-39-18-9-5-10-19-39/h5-30,32-33,48,50-53H,3-4,31,34-38H2,1-2H3/t48-,50+,51-,52+,53+/m1/s1. The molecule has 0 aliphatic carbocycles. The van der Waals surface area contributed by atoms with Gasteiger partial charge in [-0.1, -0.05) is 146 Å². The van der Waals surface area contributed by atoms with Gasteiger partial charge in [0.1, 0.15) is 30.5 Å². The van der Waals surface area contributed by atoms with Gasteiger partial charge in [0.2, 0.25) is 0 Å². The van der Waals surface area contributed by atoms with E-state index in [9.17, 15) is 0 Å². The highest BCUT2D eigenvalue weighted by molar-refractivity contribution is 7.19. The van der Waals surface area contributed by atoms with Crippen molar-refractivity contribution >= 4 is 27.1 Å². The third-order valence-corrected chi connectivity index (χ3v) is 12.3. The highest BCUT2D eigenvalue weighted by atomic mass is 32.1. The Morgan fingerprint density at radius 2 is 1.05 bits per heavy atom. The van der Waals surface area contributed by atoms with Crippen LogP contribution in [-0.2, 0) is 56.5 Å². The highest BCUT2D eigenvalue weighted by Gasteiger charge is 2.49. The molecule has 1 aliphatic heterocycles. The molecule has 6 nitrogen and oxygen atoms in total. The summed E-state index contributed by atoms with van der Waals surface area (Å²) in [5.74, 6) is 0. The molecule has 0 spiro atoms. The minimum Gasteiger partial charge on any atom is -0.374 e. The Balaban J connectivity index is 1.13. The third-order valence-electron chi connectivity index (χ3n) is 11.2. The van der Waals surface area contributed by atoms with E-state index in [0.717, 1.165) is 47.3 Å². The predicted molar refractivity (Wildman–Crippen MR) is 243 cm³/mol. The molecule has 1 aromatic heterocycles. The monoisotopic (exact) mass is 817 g/mol. The zero-order valence-corrected chi connectivity index (χ0v) is 35.4. The number of thiophene rings is 1. The summed E-state index contributed by atoms with van der Waals surface area (Å²) >= 11 is 1.86. The van der Waals surface area contributed by atoms with Crippen molar-refractivity contribution in [2.75, 3.05) is 24.6 Å². The molecule has 0 unspecified atom stereocenters. The lowest BCUT2D eigenvalue weighted by Gasteiger charge is -2.46. The molecule has 0 saturated carbocycles. The normalized spacial score (nSPS) is 19.1. The van der Waals surface area contributed by atoms with Gasteiger partial charge >= 0.3 is 0 Å². The molecule has 5 atom stereocenters. The molecule has 60 heavy (non-hydrogen) atoms. The van der Waals surface area contributed by atoms with Crippen molar-refractivity contribution in [3.05, 3.63) is 208 Å². The third kappa shape index (κ3) is 10.8. The molecule has 7 aromatic rings. The van der Waals surface area contributed by atoms with Crippen molar-refractivity contribution in [1.29, 1.82) is 0 Å². The summed E-state index contributed by atoms with van der Waals surface area (Å²) in [7, 11) is 0. The van der Waals surface area contributed by atoms with Gasteiger partial charge in [0.25, 0.3) is 0 Å². The van der Waals surface area contributed by atoms with E-state index in [1.54, 1.807) is 0 Å². The highest BCUT2D eigenvalue weighted by Crippen LogP contribution is 2.39.